The van der Waals surface area contributed by atoms with Crippen molar-refractivity contribution in [2.75, 3.05) is 0 Å². The Balaban J connectivity index is 3.26. The standard InChI is InChI=1S/C7H8N2O3/c1-2-5-3-6(9(11)12)7(10)8-4-5/h3-4H,2H2,1H3,(H,8,10). The maximum atomic E-state index is 10.8. The second kappa shape index (κ2) is 3.17. The van der Waals surface area contributed by atoms with Gasteiger partial charge in [0.15, 0.2) is 0 Å². The summed E-state index contributed by atoms with van der Waals surface area (Å²) in [7, 11) is 0. The minimum Gasteiger partial charge on any atom is -0.323 e. The van der Waals surface area contributed by atoms with Crippen LogP contribution in [0.1, 0.15) is 12.5 Å². The van der Waals surface area contributed by atoms with Crippen molar-refractivity contribution in [3.8, 4) is 0 Å². The fourth-order valence-electron chi connectivity index (χ4n) is 0.855. The summed E-state index contributed by atoms with van der Waals surface area (Å²) in [5, 5.41) is 10.3. The SMILES string of the molecule is CCc1c[nH]c(=O)c([N+](=O)[O-])c1. The molecular weight excluding hydrogens is 160 g/mol. The van der Waals surface area contributed by atoms with Gasteiger partial charge in [0.2, 0.25) is 0 Å². The summed E-state index contributed by atoms with van der Waals surface area (Å²) >= 11 is 0. The number of nitro groups is 1. The summed E-state index contributed by atoms with van der Waals surface area (Å²) in [6, 6.07) is 1.29. The Labute approximate surface area is 68.2 Å². The molecule has 1 heterocycles. The van der Waals surface area contributed by atoms with Gasteiger partial charge in [0, 0.05) is 12.3 Å². The third kappa shape index (κ3) is 1.50. The minimum absolute atomic E-state index is 0.394. The van der Waals surface area contributed by atoms with Crippen LogP contribution in [0.2, 0.25) is 0 Å². The largest absolute Gasteiger partial charge is 0.334 e. The minimum atomic E-state index is -0.683. The van der Waals surface area contributed by atoms with E-state index in [0.29, 0.717) is 6.42 Å². The highest BCUT2D eigenvalue weighted by atomic mass is 16.6. The summed E-state index contributed by atoms with van der Waals surface area (Å²) in [6.45, 7) is 1.86. The molecule has 0 bridgehead atoms. The first kappa shape index (κ1) is 8.45. The van der Waals surface area contributed by atoms with Gasteiger partial charge in [-0.25, -0.2) is 0 Å². The molecule has 0 amide bonds. The molecule has 0 fully saturated rings. The van der Waals surface area contributed by atoms with E-state index in [9.17, 15) is 14.9 Å². The summed E-state index contributed by atoms with van der Waals surface area (Å²) in [6.07, 6.45) is 2.15. The number of aryl methyl sites for hydroxylation is 1. The fraction of sp³-hybridized carbons (Fsp3) is 0.286. The quantitative estimate of drug-likeness (QED) is 0.525. The van der Waals surface area contributed by atoms with E-state index in [1.54, 1.807) is 0 Å². The van der Waals surface area contributed by atoms with E-state index in [0.717, 1.165) is 5.56 Å². The lowest BCUT2D eigenvalue weighted by molar-refractivity contribution is -0.386. The first-order chi connectivity index (χ1) is 5.65. The molecule has 0 radical (unpaired) electrons. The van der Waals surface area contributed by atoms with Gasteiger partial charge >= 0.3 is 11.2 Å². The predicted molar refractivity (Wildman–Crippen MR) is 43.1 cm³/mol. The van der Waals surface area contributed by atoms with Crippen LogP contribution in [-0.2, 0) is 6.42 Å². The lowest BCUT2D eigenvalue weighted by Crippen LogP contribution is -2.11. The first-order valence-corrected chi connectivity index (χ1v) is 3.51. The van der Waals surface area contributed by atoms with Crippen LogP contribution < -0.4 is 5.56 Å². The molecule has 0 atom stereocenters. The van der Waals surface area contributed by atoms with E-state index in [-0.39, 0.29) is 0 Å². The van der Waals surface area contributed by atoms with Gasteiger partial charge in [0.05, 0.1) is 4.92 Å². The van der Waals surface area contributed by atoms with Crippen molar-refractivity contribution < 1.29 is 4.92 Å². The highest BCUT2D eigenvalue weighted by Crippen LogP contribution is 2.05. The van der Waals surface area contributed by atoms with Crippen LogP contribution >= 0.6 is 0 Å². The van der Waals surface area contributed by atoms with Gasteiger partial charge < -0.3 is 4.98 Å². The van der Waals surface area contributed by atoms with E-state index < -0.39 is 16.2 Å². The van der Waals surface area contributed by atoms with Crippen molar-refractivity contribution in [1.82, 2.24) is 4.98 Å². The van der Waals surface area contributed by atoms with Gasteiger partial charge in [-0.05, 0) is 12.0 Å². The normalized spacial score (nSPS) is 9.75. The molecule has 5 heteroatoms. The number of nitrogens with zero attached hydrogens (tertiary/aromatic N) is 1. The van der Waals surface area contributed by atoms with Crippen LogP contribution in [0.15, 0.2) is 17.1 Å². The van der Waals surface area contributed by atoms with Gasteiger partial charge in [0.25, 0.3) is 0 Å². The number of hydrogen-bond acceptors (Lipinski definition) is 3. The zero-order valence-electron chi connectivity index (χ0n) is 6.53. The van der Waals surface area contributed by atoms with E-state index >= 15 is 0 Å². The molecule has 1 aromatic rings. The van der Waals surface area contributed by atoms with Crippen LogP contribution in [0.4, 0.5) is 5.69 Å². The number of aromatic amines is 1. The Morgan fingerprint density at radius 3 is 2.83 bits per heavy atom. The average Bonchev–Trinajstić information content (AvgIpc) is 2.05. The molecule has 0 saturated carbocycles. The Bertz CT molecular complexity index is 356. The number of aromatic nitrogens is 1. The molecule has 1 N–H and O–H groups in total. The molecule has 64 valence electrons. The van der Waals surface area contributed by atoms with Gasteiger partial charge in [-0.15, -0.1) is 0 Å². The van der Waals surface area contributed by atoms with Crippen molar-refractivity contribution in [3.05, 3.63) is 38.3 Å². The number of pyridine rings is 1. The Morgan fingerprint density at radius 2 is 2.33 bits per heavy atom. The molecule has 0 aliphatic rings. The molecule has 0 aromatic carbocycles. The van der Waals surface area contributed by atoms with Crippen molar-refractivity contribution >= 4 is 5.69 Å². The van der Waals surface area contributed by atoms with Crippen LogP contribution in [0.5, 0.6) is 0 Å². The maximum Gasteiger partial charge on any atom is 0.334 e. The fourth-order valence-corrected chi connectivity index (χ4v) is 0.855. The van der Waals surface area contributed by atoms with E-state index in [4.69, 9.17) is 0 Å². The van der Waals surface area contributed by atoms with Crippen molar-refractivity contribution in [1.29, 1.82) is 0 Å². The molecule has 0 unspecified atom stereocenters. The van der Waals surface area contributed by atoms with E-state index in [1.807, 2.05) is 6.92 Å². The lowest BCUT2D eigenvalue weighted by Gasteiger charge is -1.94. The van der Waals surface area contributed by atoms with Crippen molar-refractivity contribution in [2.24, 2.45) is 0 Å². The van der Waals surface area contributed by atoms with Gasteiger partial charge in [-0.3, -0.25) is 14.9 Å². The Morgan fingerprint density at radius 1 is 1.67 bits per heavy atom. The summed E-state index contributed by atoms with van der Waals surface area (Å²) < 4.78 is 0. The van der Waals surface area contributed by atoms with Crippen molar-refractivity contribution in [3.63, 3.8) is 0 Å². The molecule has 1 aromatic heterocycles. The Hall–Kier alpha value is -1.65. The monoisotopic (exact) mass is 168 g/mol. The average molecular weight is 168 g/mol. The van der Waals surface area contributed by atoms with Crippen LogP contribution in [0, 0.1) is 10.1 Å². The third-order valence-electron chi connectivity index (χ3n) is 1.55. The predicted octanol–water partition coefficient (Wildman–Crippen LogP) is 0.845. The van der Waals surface area contributed by atoms with Gasteiger partial charge in [0.1, 0.15) is 0 Å². The zero-order valence-corrected chi connectivity index (χ0v) is 6.53. The summed E-state index contributed by atoms with van der Waals surface area (Å²) in [5.74, 6) is 0. The molecule has 0 aliphatic heterocycles. The Kier molecular flexibility index (Phi) is 2.23. The molecule has 0 aliphatic carbocycles. The van der Waals surface area contributed by atoms with Crippen LogP contribution in [-0.4, -0.2) is 9.91 Å². The van der Waals surface area contributed by atoms with Crippen molar-refractivity contribution in [2.45, 2.75) is 13.3 Å². The summed E-state index contributed by atoms with van der Waals surface area (Å²) in [4.78, 5) is 22.7. The number of hydrogen-bond donors (Lipinski definition) is 1. The first-order valence-electron chi connectivity index (χ1n) is 3.51. The second-order valence-electron chi connectivity index (χ2n) is 2.33. The summed E-state index contributed by atoms with van der Waals surface area (Å²) in [5.41, 5.74) is -0.298. The van der Waals surface area contributed by atoms with Gasteiger partial charge in [-0.1, -0.05) is 6.92 Å². The number of H-pyrrole nitrogens is 1. The zero-order chi connectivity index (χ0) is 9.14. The topological polar surface area (TPSA) is 76.0 Å². The molecule has 0 spiro atoms. The molecule has 0 saturated heterocycles. The molecule has 1 rings (SSSR count). The molecule has 5 nitrogen and oxygen atoms in total. The second-order valence-corrected chi connectivity index (χ2v) is 2.33. The lowest BCUT2D eigenvalue weighted by atomic mass is 10.2. The maximum absolute atomic E-state index is 10.8. The number of nitrogens with one attached hydrogen (secondary N) is 1. The highest BCUT2D eigenvalue weighted by Gasteiger charge is 2.11. The highest BCUT2D eigenvalue weighted by molar-refractivity contribution is 5.29. The van der Waals surface area contributed by atoms with Gasteiger partial charge in [-0.2, -0.15) is 0 Å². The molecular formula is C7H8N2O3. The number of rotatable bonds is 2. The smallest absolute Gasteiger partial charge is 0.323 e. The van der Waals surface area contributed by atoms with E-state index in [1.165, 1.54) is 12.3 Å². The van der Waals surface area contributed by atoms with Crippen LogP contribution in [0.25, 0.3) is 0 Å². The van der Waals surface area contributed by atoms with E-state index in [2.05, 4.69) is 4.98 Å². The third-order valence-corrected chi connectivity index (χ3v) is 1.55. The molecule has 12 heavy (non-hydrogen) atoms. The van der Waals surface area contributed by atoms with Crippen LogP contribution in [0.3, 0.4) is 0 Å².